The predicted molar refractivity (Wildman–Crippen MR) is 107 cm³/mol. The van der Waals surface area contributed by atoms with Gasteiger partial charge in [0.2, 0.25) is 0 Å². The van der Waals surface area contributed by atoms with E-state index in [1.165, 1.54) is 41.3 Å². The molecule has 1 fully saturated rings. The van der Waals surface area contributed by atoms with Gasteiger partial charge in [0.05, 0.1) is 0 Å². The largest absolute Gasteiger partial charge is 0.344 e. The zero-order valence-electron chi connectivity index (χ0n) is 15.8. The van der Waals surface area contributed by atoms with Gasteiger partial charge in [-0.1, -0.05) is 24.1 Å². The van der Waals surface area contributed by atoms with Gasteiger partial charge in [-0.3, -0.25) is 4.98 Å². The number of pyridine rings is 1. The first-order valence-electron chi connectivity index (χ1n) is 9.97. The molecule has 1 aliphatic carbocycles. The van der Waals surface area contributed by atoms with Gasteiger partial charge in [-0.2, -0.15) is 0 Å². The molecule has 3 aromatic rings. The molecule has 0 amide bonds. The lowest BCUT2D eigenvalue weighted by molar-refractivity contribution is 0.427. The Hall–Kier alpha value is -2.13. The molecular weight excluding hydrogens is 318 g/mol. The Morgan fingerprint density at radius 1 is 1.15 bits per heavy atom. The normalized spacial score (nSPS) is 21.8. The maximum atomic E-state index is 4.47. The first-order valence-corrected chi connectivity index (χ1v) is 9.97. The molecule has 0 bridgehead atoms. The van der Waals surface area contributed by atoms with Gasteiger partial charge in [0, 0.05) is 53.5 Å². The van der Waals surface area contributed by atoms with Crippen LogP contribution in [0.1, 0.15) is 53.3 Å². The molecule has 2 unspecified atom stereocenters. The molecule has 0 saturated heterocycles. The zero-order valence-corrected chi connectivity index (χ0v) is 15.8. The van der Waals surface area contributed by atoms with E-state index >= 15 is 0 Å². The minimum Gasteiger partial charge on any atom is -0.344 e. The van der Waals surface area contributed by atoms with E-state index < -0.39 is 0 Å². The summed E-state index contributed by atoms with van der Waals surface area (Å²) in [5.41, 5.74) is 8.35. The Labute approximate surface area is 155 Å². The maximum absolute atomic E-state index is 4.47. The molecule has 2 aromatic heterocycles. The summed E-state index contributed by atoms with van der Waals surface area (Å²) >= 11 is 0. The highest BCUT2D eigenvalue weighted by Gasteiger charge is 2.36. The van der Waals surface area contributed by atoms with E-state index in [-0.39, 0.29) is 0 Å². The average molecular weight is 345 g/mol. The lowest BCUT2D eigenvalue weighted by Gasteiger charge is -2.29. The number of hydrogen-bond donors (Lipinski definition) is 1. The fraction of sp³-hybridized carbons (Fsp3) is 0.435. The molecule has 1 saturated carbocycles. The van der Waals surface area contributed by atoms with Crippen LogP contribution >= 0.6 is 0 Å². The fourth-order valence-electron chi connectivity index (χ4n) is 5.06. The van der Waals surface area contributed by atoms with E-state index in [1.807, 2.05) is 6.20 Å². The van der Waals surface area contributed by atoms with Crippen LogP contribution in [0.15, 0.2) is 36.5 Å². The standard InChI is InChI=1S/C23H27N3/c1-15-6-9-22-19(12-15)20-14-25-21-5-3-4-18(21)23(20)26(22)11-10-17-8-7-16(2)24-13-17/h6-9,12-13,18,21,25H,3-5,10-11,14H2,1-2H3. The molecule has 2 aliphatic rings. The van der Waals surface area contributed by atoms with Crippen molar-refractivity contribution in [1.29, 1.82) is 0 Å². The van der Waals surface area contributed by atoms with Crippen LogP contribution in [0.25, 0.3) is 10.9 Å². The lowest BCUT2D eigenvalue weighted by atomic mass is 9.91. The van der Waals surface area contributed by atoms with Gasteiger partial charge in [-0.05, 0) is 62.4 Å². The van der Waals surface area contributed by atoms with Crippen molar-refractivity contribution in [3.05, 3.63) is 64.6 Å². The monoisotopic (exact) mass is 345 g/mol. The number of benzene rings is 1. The number of aromatic nitrogens is 2. The third-order valence-electron chi connectivity index (χ3n) is 6.37. The Balaban J connectivity index is 1.59. The van der Waals surface area contributed by atoms with Crippen molar-refractivity contribution >= 4 is 10.9 Å². The van der Waals surface area contributed by atoms with Crippen LogP contribution in [0, 0.1) is 13.8 Å². The summed E-state index contributed by atoms with van der Waals surface area (Å²) < 4.78 is 2.63. The van der Waals surface area contributed by atoms with Crippen molar-refractivity contribution in [3.8, 4) is 0 Å². The van der Waals surface area contributed by atoms with E-state index in [1.54, 1.807) is 11.3 Å². The van der Waals surface area contributed by atoms with Crippen molar-refractivity contribution in [2.24, 2.45) is 0 Å². The topological polar surface area (TPSA) is 29.9 Å². The third-order valence-corrected chi connectivity index (χ3v) is 6.37. The van der Waals surface area contributed by atoms with Gasteiger partial charge >= 0.3 is 0 Å². The summed E-state index contributed by atoms with van der Waals surface area (Å²) in [5.74, 6) is 0.683. The highest BCUT2D eigenvalue weighted by molar-refractivity contribution is 5.87. The molecule has 0 radical (unpaired) electrons. The number of hydrogen-bond acceptors (Lipinski definition) is 2. The van der Waals surface area contributed by atoms with Gasteiger partial charge in [0.1, 0.15) is 0 Å². The minimum absolute atomic E-state index is 0.674. The van der Waals surface area contributed by atoms with Crippen molar-refractivity contribution in [1.82, 2.24) is 14.9 Å². The summed E-state index contributed by atoms with van der Waals surface area (Å²) in [4.78, 5) is 4.47. The molecule has 5 rings (SSSR count). The zero-order chi connectivity index (χ0) is 17.7. The molecular formula is C23H27N3. The number of aryl methyl sites for hydroxylation is 4. The molecule has 1 aliphatic heterocycles. The van der Waals surface area contributed by atoms with E-state index in [9.17, 15) is 0 Å². The fourth-order valence-corrected chi connectivity index (χ4v) is 5.06. The molecule has 0 spiro atoms. The van der Waals surface area contributed by atoms with Crippen LogP contribution in [-0.4, -0.2) is 15.6 Å². The van der Waals surface area contributed by atoms with Gasteiger partial charge in [0.25, 0.3) is 0 Å². The first kappa shape index (κ1) is 16.1. The second-order valence-corrected chi connectivity index (χ2v) is 8.12. The number of rotatable bonds is 3. The summed E-state index contributed by atoms with van der Waals surface area (Å²) in [6.07, 6.45) is 7.09. The predicted octanol–water partition coefficient (Wildman–Crippen LogP) is 4.64. The highest BCUT2D eigenvalue weighted by Crippen LogP contribution is 2.43. The molecule has 134 valence electrons. The van der Waals surface area contributed by atoms with E-state index in [4.69, 9.17) is 0 Å². The molecule has 26 heavy (non-hydrogen) atoms. The van der Waals surface area contributed by atoms with Crippen LogP contribution in [0.2, 0.25) is 0 Å². The molecule has 2 atom stereocenters. The van der Waals surface area contributed by atoms with Gasteiger partial charge in [0.15, 0.2) is 0 Å². The van der Waals surface area contributed by atoms with Crippen LogP contribution in [0.3, 0.4) is 0 Å². The SMILES string of the molecule is Cc1ccc2c(c1)c1c(n2CCc2ccc(C)nc2)C2CCCC2NC1. The Morgan fingerprint density at radius 2 is 2.08 bits per heavy atom. The van der Waals surface area contributed by atoms with Crippen molar-refractivity contribution in [2.45, 2.75) is 64.6 Å². The third kappa shape index (κ3) is 2.57. The minimum atomic E-state index is 0.674. The van der Waals surface area contributed by atoms with Crippen molar-refractivity contribution < 1.29 is 0 Å². The average Bonchev–Trinajstić information content (AvgIpc) is 3.23. The van der Waals surface area contributed by atoms with Gasteiger partial charge < -0.3 is 9.88 Å². The number of fused-ring (bicyclic) bond motifs is 5. The summed E-state index contributed by atoms with van der Waals surface area (Å²) in [6.45, 7) is 6.32. The molecule has 3 heteroatoms. The quantitative estimate of drug-likeness (QED) is 0.750. The number of nitrogens with zero attached hydrogens (tertiary/aromatic N) is 2. The van der Waals surface area contributed by atoms with Gasteiger partial charge in [-0.25, -0.2) is 0 Å². The van der Waals surface area contributed by atoms with Crippen molar-refractivity contribution in [3.63, 3.8) is 0 Å². The lowest BCUT2D eigenvalue weighted by Crippen LogP contribution is -2.36. The first-order chi connectivity index (χ1) is 12.7. The highest BCUT2D eigenvalue weighted by atomic mass is 15.0. The number of nitrogens with one attached hydrogen (secondary N) is 1. The Kier molecular flexibility index (Phi) is 3.86. The smallest absolute Gasteiger partial charge is 0.0486 e. The summed E-state index contributed by atoms with van der Waals surface area (Å²) in [7, 11) is 0. The Morgan fingerprint density at radius 3 is 2.92 bits per heavy atom. The van der Waals surface area contributed by atoms with E-state index in [0.29, 0.717) is 12.0 Å². The summed E-state index contributed by atoms with van der Waals surface area (Å²) in [6, 6.07) is 12.0. The molecule has 3 heterocycles. The van der Waals surface area contributed by atoms with Crippen LogP contribution < -0.4 is 5.32 Å². The van der Waals surface area contributed by atoms with Crippen LogP contribution in [-0.2, 0) is 19.5 Å². The Bertz CT molecular complexity index is 952. The van der Waals surface area contributed by atoms with E-state index in [0.717, 1.165) is 25.2 Å². The van der Waals surface area contributed by atoms with Crippen LogP contribution in [0.4, 0.5) is 0 Å². The molecule has 1 aromatic carbocycles. The van der Waals surface area contributed by atoms with Crippen molar-refractivity contribution in [2.75, 3.05) is 0 Å². The maximum Gasteiger partial charge on any atom is 0.0486 e. The molecule has 3 nitrogen and oxygen atoms in total. The second kappa shape index (κ2) is 6.24. The molecule has 1 N–H and O–H groups in total. The second-order valence-electron chi connectivity index (χ2n) is 8.12. The van der Waals surface area contributed by atoms with Gasteiger partial charge in [-0.15, -0.1) is 0 Å². The summed E-state index contributed by atoms with van der Waals surface area (Å²) in [5, 5.41) is 5.28. The van der Waals surface area contributed by atoms with Crippen LogP contribution in [0.5, 0.6) is 0 Å². The van der Waals surface area contributed by atoms with E-state index in [2.05, 4.69) is 59.0 Å².